The summed E-state index contributed by atoms with van der Waals surface area (Å²) in [5.41, 5.74) is 1.22. The number of halogens is 2. The maximum Gasteiger partial charge on any atom is 0.279 e. The fourth-order valence-electron chi connectivity index (χ4n) is 2.53. The van der Waals surface area contributed by atoms with Crippen molar-refractivity contribution in [2.45, 2.75) is 30.5 Å². The topological polar surface area (TPSA) is 34.4 Å². The van der Waals surface area contributed by atoms with Gasteiger partial charge in [0.25, 0.3) is 5.91 Å². The fourth-order valence-corrected chi connectivity index (χ4v) is 5.01. The predicted molar refractivity (Wildman–Crippen MR) is 116 cm³/mol. The van der Waals surface area contributed by atoms with Crippen molar-refractivity contribution in [3.63, 3.8) is 0 Å². The first kappa shape index (κ1) is 20.0. The molecule has 0 atom stereocenters. The molecular formula is C20H16Cl2N2OS2. The van der Waals surface area contributed by atoms with Crippen LogP contribution in [0.3, 0.4) is 0 Å². The third-order valence-corrected chi connectivity index (χ3v) is 6.51. The van der Waals surface area contributed by atoms with Crippen molar-refractivity contribution >= 4 is 62.4 Å². The number of fused-ring (bicyclic) bond motifs is 1. The van der Waals surface area contributed by atoms with Crippen molar-refractivity contribution < 1.29 is 4.79 Å². The Bertz CT molecular complexity index is 1110. The van der Waals surface area contributed by atoms with Crippen LogP contribution in [0.1, 0.15) is 24.2 Å². The number of hydrogen-bond acceptors (Lipinski definition) is 3. The molecule has 0 fully saturated rings. The molecule has 27 heavy (non-hydrogen) atoms. The summed E-state index contributed by atoms with van der Waals surface area (Å²) < 4.78 is 2.50. The maximum absolute atomic E-state index is 12.7. The molecule has 7 heteroatoms. The van der Waals surface area contributed by atoms with Crippen molar-refractivity contribution in [2.24, 2.45) is 4.99 Å². The Labute approximate surface area is 176 Å². The molecule has 0 aliphatic carbocycles. The predicted octanol–water partition coefficient (Wildman–Crippen LogP) is 5.88. The summed E-state index contributed by atoms with van der Waals surface area (Å²) in [6.45, 7) is 4.50. The van der Waals surface area contributed by atoms with E-state index >= 15 is 0 Å². The number of aromatic nitrogens is 1. The molecule has 0 aliphatic heterocycles. The van der Waals surface area contributed by atoms with E-state index in [1.54, 1.807) is 40.6 Å². The first-order valence-electron chi connectivity index (χ1n) is 8.17. The molecule has 0 N–H and O–H groups in total. The second-order valence-corrected chi connectivity index (χ2v) is 9.43. The minimum atomic E-state index is -0.333. The number of thiazole rings is 1. The van der Waals surface area contributed by atoms with E-state index in [9.17, 15) is 4.79 Å². The van der Waals surface area contributed by atoms with Crippen LogP contribution in [-0.4, -0.2) is 15.7 Å². The van der Waals surface area contributed by atoms with Gasteiger partial charge in [0.15, 0.2) is 4.80 Å². The molecule has 3 nitrogen and oxygen atoms in total. The van der Waals surface area contributed by atoms with Gasteiger partial charge in [0, 0.05) is 15.7 Å². The third-order valence-electron chi connectivity index (χ3n) is 3.65. The molecule has 0 aliphatic rings. The fraction of sp³-hybridized carbons (Fsp3) is 0.200. The molecule has 1 heterocycles. The minimum absolute atomic E-state index is 0.246. The molecule has 0 bridgehead atoms. The highest BCUT2D eigenvalue weighted by Crippen LogP contribution is 2.32. The van der Waals surface area contributed by atoms with Crippen molar-refractivity contribution in [1.82, 2.24) is 4.57 Å². The minimum Gasteiger partial charge on any atom is -0.303 e. The Morgan fingerprint density at radius 3 is 2.52 bits per heavy atom. The number of carbonyl (C=O) groups is 1. The number of benzene rings is 2. The van der Waals surface area contributed by atoms with Gasteiger partial charge in [0.05, 0.1) is 26.8 Å². The molecule has 0 saturated heterocycles. The number of carbonyl (C=O) groups excluding carboxylic acids is 1. The zero-order chi connectivity index (χ0) is 19.6. The van der Waals surface area contributed by atoms with Gasteiger partial charge in [-0.1, -0.05) is 54.3 Å². The maximum atomic E-state index is 12.7. The van der Waals surface area contributed by atoms with Crippen LogP contribution in [0, 0.1) is 12.3 Å². The summed E-state index contributed by atoms with van der Waals surface area (Å²) >= 11 is 15.7. The smallest absolute Gasteiger partial charge is 0.279 e. The molecule has 0 spiro atoms. The normalized spacial score (nSPS) is 11.9. The molecule has 2 aromatic carbocycles. The Morgan fingerprint density at radius 2 is 1.89 bits per heavy atom. The Morgan fingerprint density at radius 1 is 1.22 bits per heavy atom. The van der Waals surface area contributed by atoms with Crippen molar-refractivity contribution in [1.29, 1.82) is 0 Å². The standard InChI is InChI=1S/C20H16Cl2N2OS2/c1-4-11-24-17-15(21)9-10-16(22)18(17)27-20(24)23-19(25)13-5-7-14(8-6-13)26-12(2)3/h1,5-10,12H,11H2,2-3H3. The number of hydrogen-bond donors (Lipinski definition) is 0. The number of thioether (sulfide) groups is 1. The van der Waals surface area contributed by atoms with Crippen LogP contribution in [0.5, 0.6) is 0 Å². The summed E-state index contributed by atoms with van der Waals surface area (Å²) in [6, 6.07) is 10.9. The average molecular weight is 435 g/mol. The Balaban J connectivity index is 2.06. The van der Waals surface area contributed by atoms with Gasteiger partial charge in [-0.05, 0) is 36.4 Å². The zero-order valence-electron chi connectivity index (χ0n) is 14.7. The van der Waals surface area contributed by atoms with Gasteiger partial charge < -0.3 is 4.57 Å². The van der Waals surface area contributed by atoms with E-state index < -0.39 is 0 Å². The molecule has 138 valence electrons. The highest BCUT2D eigenvalue weighted by Gasteiger charge is 2.14. The first-order chi connectivity index (χ1) is 12.9. The molecule has 0 radical (unpaired) electrons. The van der Waals surface area contributed by atoms with E-state index in [2.05, 4.69) is 24.8 Å². The monoisotopic (exact) mass is 434 g/mol. The van der Waals surface area contributed by atoms with Gasteiger partial charge in [-0.25, -0.2) is 0 Å². The van der Waals surface area contributed by atoms with E-state index in [4.69, 9.17) is 29.6 Å². The van der Waals surface area contributed by atoms with Crippen LogP contribution in [0.4, 0.5) is 0 Å². The first-order valence-corrected chi connectivity index (χ1v) is 10.6. The van der Waals surface area contributed by atoms with Crippen LogP contribution < -0.4 is 4.80 Å². The largest absolute Gasteiger partial charge is 0.303 e. The van der Waals surface area contributed by atoms with Crippen molar-refractivity contribution in [3.05, 3.63) is 56.8 Å². The quantitative estimate of drug-likeness (QED) is 0.379. The summed E-state index contributed by atoms with van der Waals surface area (Å²) in [6.07, 6.45) is 5.49. The van der Waals surface area contributed by atoms with Gasteiger partial charge >= 0.3 is 0 Å². The lowest BCUT2D eigenvalue weighted by molar-refractivity contribution is 0.0998. The molecule has 0 unspecified atom stereocenters. The van der Waals surface area contributed by atoms with Crippen LogP contribution in [0.15, 0.2) is 46.3 Å². The van der Waals surface area contributed by atoms with Crippen LogP contribution >= 0.6 is 46.3 Å². The van der Waals surface area contributed by atoms with E-state index in [0.717, 1.165) is 9.60 Å². The lowest BCUT2D eigenvalue weighted by Gasteiger charge is -2.05. The number of terminal acetylenes is 1. The van der Waals surface area contributed by atoms with E-state index in [0.29, 0.717) is 31.2 Å². The summed E-state index contributed by atoms with van der Waals surface area (Å²) in [4.78, 5) is 18.5. The van der Waals surface area contributed by atoms with E-state index in [1.807, 2.05) is 12.1 Å². The highest BCUT2D eigenvalue weighted by molar-refractivity contribution is 7.99. The second kappa shape index (κ2) is 8.53. The summed E-state index contributed by atoms with van der Waals surface area (Å²) in [5.74, 6) is 2.25. The molecule has 3 aromatic rings. The SMILES string of the molecule is C#CCn1c(=NC(=O)c2ccc(SC(C)C)cc2)sc2c(Cl)ccc(Cl)c21. The summed E-state index contributed by atoms with van der Waals surface area (Å²) in [7, 11) is 0. The van der Waals surface area contributed by atoms with Gasteiger partial charge in [0.2, 0.25) is 0 Å². The average Bonchev–Trinajstić information content (AvgIpc) is 2.98. The molecule has 1 aromatic heterocycles. The Kier molecular flexibility index (Phi) is 6.33. The van der Waals surface area contributed by atoms with Gasteiger partial charge in [-0.3, -0.25) is 4.79 Å². The molecular weight excluding hydrogens is 419 g/mol. The summed E-state index contributed by atoms with van der Waals surface area (Å²) in [5, 5.41) is 1.55. The number of rotatable bonds is 4. The van der Waals surface area contributed by atoms with E-state index in [-0.39, 0.29) is 12.5 Å². The number of nitrogens with zero attached hydrogens (tertiary/aromatic N) is 2. The lowest BCUT2D eigenvalue weighted by Crippen LogP contribution is -2.16. The third kappa shape index (κ3) is 4.41. The number of amides is 1. The molecule has 3 rings (SSSR count). The van der Waals surface area contributed by atoms with Crippen LogP contribution in [0.2, 0.25) is 10.0 Å². The van der Waals surface area contributed by atoms with Crippen LogP contribution in [-0.2, 0) is 6.54 Å². The second-order valence-electron chi connectivity index (χ2n) is 5.99. The Hall–Kier alpha value is -1.71. The molecule has 1 amide bonds. The zero-order valence-corrected chi connectivity index (χ0v) is 17.8. The van der Waals surface area contributed by atoms with Crippen LogP contribution in [0.25, 0.3) is 10.2 Å². The lowest BCUT2D eigenvalue weighted by atomic mass is 10.2. The van der Waals surface area contributed by atoms with Gasteiger partial charge in [0.1, 0.15) is 0 Å². The van der Waals surface area contributed by atoms with Crippen molar-refractivity contribution in [2.75, 3.05) is 0 Å². The van der Waals surface area contributed by atoms with Gasteiger partial charge in [-0.15, -0.1) is 18.2 Å². The highest BCUT2D eigenvalue weighted by atomic mass is 35.5. The molecule has 0 saturated carbocycles. The van der Waals surface area contributed by atoms with E-state index in [1.165, 1.54) is 11.3 Å². The van der Waals surface area contributed by atoms with Gasteiger partial charge in [-0.2, -0.15) is 4.99 Å². The van der Waals surface area contributed by atoms with Crippen molar-refractivity contribution in [3.8, 4) is 12.3 Å².